The van der Waals surface area contributed by atoms with E-state index in [4.69, 9.17) is 9.26 Å². The molecular formula is C27H33N3O3. The van der Waals surface area contributed by atoms with Gasteiger partial charge in [-0.3, -0.25) is 9.69 Å². The number of nitrogens with one attached hydrogen (secondary N) is 1. The van der Waals surface area contributed by atoms with Crippen molar-refractivity contribution in [2.45, 2.75) is 53.3 Å². The predicted octanol–water partition coefficient (Wildman–Crippen LogP) is 5.03. The summed E-state index contributed by atoms with van der Waals surface area (Å²) >= 11 is 0. The maximum absolute atomic E-state index is 12.5. The van der Waals surface area contributed by atoms with Crippen LogP contribution in [0.4, 0.5) is 0 Å². The number of hydrogen-bond acceptors (Lipinski definition) is 5. The Morgan fingerprint density at radius 2 is 1.73 bits per heavy atom. The zero-order valence-electron chi connectivity index (χ0n) is 19.8. The molecule has 0 unspecified atom stereocenters. The van der Waals surface area contributed by atoms with Gasteiger partial charge in [0.25, 0.3) is 5.91 Å². The number of hydrogen-bond donors (Lipinski definition) is 1. The molecule has 1 N–H and O–H groups in total. The zero-order chi connectivity index (χ0) is 23.2. The largest absolute Gasteiger partial charge is 0.489 e. The molecule has 0 bridgehead atoms. The van der Waals surface area contributed by atoms with Gasteiger partial charge in [0, 0.05) is 18.7 Å². The summed E-state index contributed by atoms with van der Waals surface area (Å²) in [7, 11) is 0. The second kappa shape index (κ2) is 10.7. The van der Waals surface area contributed by atoms with Gasteiger partial charge in [-0.15, -0.1) is 0 Å². The van der Waals surface area contributed by atoms with Gasteiger partial charge in [0.15, 0.2) is 0 Å². The van der Waals surface area contributed by atoms with E-state index in [-0.39, 0.29) is 5.91 Å². The van der Waals surface area contributed by atoms with Crippen molar-refractivity contribution in [3.05, 3.63) is 82.2 Å². The molecule has 0 spiro atoms. The van der Waals surface area contributed by atoms with E-state index in [2.05, 4.69) is 46.6 Å². The van der Waals surface area contributed by atoms with E-state index in [0.29, 0.717) is 24.5 Å². The van der Waals surface area contributed by atoms with Crippen molar-refractivity contribution in [3.63, 3.8) is 0 Å². The number of nitrogens with zero attached hydrogens (tertiary/aromatic N) is 2. The van der Waals surface area contributed by atoms with Gasteiger partial charge in [-0.2, -0.15) is 0 Å². The molecule has 1 amide bonds. The van der Waals surface area contributed by atoms with Crippen LogP contribution in [0.3, 0.4) is 0 Å². The van der Waals surface area contributed by atoms with Crippen LogP contribution in [0.5, 0.6) is 5.75 Å². The van der Waals surface area contributed by atoms with Crippen molar-refractivity contribution in [1.82, 2.24) is 15.4 Å². The van der Waals surface area contributed by atoms with Gasteiger partial charge in [-0.25, -0.2) is 0 Å². The fourth-order valence-corrected chi connectivity index (χ4v) is 4.09. The average molecular weight is 448 g/mol. The Labute approximate surface area is 195 Å². The third kappa shape index (κ3) is 6.23. The summed E-state index contributed by atoms with van der Waals surface area (Å²) in [5.41, 5.74) is 4.81. The van der Waals surface area contributed by atoms with E-state index in [1.165, 1.54) is 31.5 Å². The van der Waals surface area contributed by atoms with Gasteiger partial charge in [-0.05, 0) is 81.1 Å². The highest BCUT2D eigenvalue weighted by molar-refractivity contribution is 5.94. The van der Waals surface area contributed by atoms with Crippen molar-refractivity contribution in [2.75, 3.05) is 13.1 Å². The molecule has 6 heteroatoms. The molecule has 1 aromatic heterocycles. The Bertz CT molecular complexity index is 1030. The minimum atomic E-state index is -0.0983. The molecule has 33 heavy (non-hydrogen) atoms. The summed E-state index contributed by atoms with van der Waals surface area (Å²) in [6, 6.07) is 15.7. The molecule has 2 heterocycles. The van der Waals surface area contributed by atoms with Crippen LogP contribution in [0, 0.1) is 19.8 Å². The maximum Gasteiger partial charge on any atom is 0.251 e. The predicted molar refractivity (Wildman–Crippen MR) is 128 cm³/mol. The number of aromatic nitrogens is 1. The average Bonchev–Trinajstić information content (AvgIpc) is 3.16. The summed E-state index contributed by atoms with van der Waals surface area (Å²) in [4.78, 5) is 15.1. The van der Waals surface area contributed by atoms with E-state index in [1.54, 1.807) is 12.1 Å². The number of rotatable bonds is 8. The lowest BCUT2D eigenvalue weighted by atomic mass is 9.99. The Hall–Kier alpha value is -3.12. The van der Waals surface area contributed by atoms with Gasteiger partial charge >= 0.3 is 0 Å². The summed E-state index contributed by atoms with van der Waals surface area (Å²) in [6.45, 7) is 10.4. The van der Waals surface area contributed by atoms with Crippen LogP contribution < -0.4 is 10.1 Å². The number of benzene rings is 2. The van der Waals surface area contributed by atoms with Gasteiger partial charge in [-0.1, -0.05) is 36.3 Å². The highest BCUT2D eigenvalue weighted by Crippen LogP contribution is 2.19. The molecule has 0 aliphatic carbocycles. The highest BCUT2D eigenvalue weighted by atomic mass is 16.5. The number of carbonyl (C=O) groups is 1. The zero-order valence-corrected chi connectivity index (χ0v) is 19.8. The van der Waals surface area contributed by atoms with Crippen LogP contribution in [0.15, 0.2) is 53.1 Å². The fraction of sp³-hybridized carbons (Fsp3) is 0.407. The first-order chi connectivity index (χ1) is 16.0. The summed E-state index contributed by atoms with van der Waals surface area (Å²) in [5, 5.41) is 6.93. The van der Waals surface area contributed by atoms with Crippen molar-refractivity contribution in [2.24, 2.45) is 5.92 Å². The summed E-state index contributed by atoms with van der Waals surface area (Å²) in [5.74, 6) is 2.21. The van der Waals surface area contributed by atoms with Crippen LogP contribution in [0.2, 0.25) is 0 Å². The third-order valence-electron chi connectivity index (χ3n) is 6.44. The molecule has 6 nitrogen and oxygen atoms in total. The first-order valence-electron chi connectivity index (χ1n) is 11.7. The van der Waals surface area contributed by atoms with Crippen LogP contribution >= 0.6 is 0 Å². The molecule has 1 saturated heterocycles. The molecule has 1 aliphatic rings. The van der Waals surface area contributed by atoms with Crippen molar-refractivity contribution < 1.29 is 14.1 Å². The van der Waals surface area contributed by atoms with Crippen LogP contribution in [0.25, 0.3) is 0 Å². The van der Waals surface area contributed by atoms with Gasteiger partial charge < -0.3 is 14.6 Å². The van der Waals surface area contributed by atoms with Crippen LogP contribution in [-0.2, 0) is 19.7 Å². The normalized spacial score (nSPS) is 14.9. The molecule has 0 radical (unpaired) electrons. The van der Waals surface area contributed by atoms with Crippen molar-refractivity contribution in [3.8, 4) is 5.75 Å². The van der Waals surface area contributed by atoms with Crippen molar-refractivity contribution in [1.29, 1.82) is 0 Å². The van der Waals surface area contributed by atoms with E-state index in [1.807, 2.05) is 26.0 Å². The molecule has 4 rings (SSSR count). The number of amides is 1. The Morgan fingerprint density at radius 1 is 1.06 bits per heavy atom. The van der Waals surface area contributed by atoms with Crippen LogP contribution in [0.1, 0.15) is 58.3 Å². The van der Waals surface area contributed by atoms with E-state index in [0.717, 1.165) is 35.0 Å². The molecule has 0 atom stereocenters. The minimum Gasteiger partial charge on any atom is -0.489 e. The summed E-state index contributed by atoms with van der Waals surface area (Å²) in [6.07, 6.45) is 2.58. The number of carbonyl (C=O) groups excluding carboxylic acids is 1. The number of ether oxygens (including phenoxy) is 1. The molecule has 3 aromatic rings. The SMILES string of the molecule is Cc1noc(C)c1COc1ccc(C(=O)NCc2ccc(CN3CCC(C)CC3)cc2)cc1. The Kier molecular flexibility index (Phi) is 7.45. The van der Waals surface area contributed by atoms with Crippen LogP contribution in [-0.4, -0.2) is 29.1 Å². The molecule has 174 valence electrons. The lowest BCUT2D eigenvalue weighted by Crippen LogP contribution is -2.32. The topological polar surface area (TPSA) is 67.6 Å². The maximum atomic E-state index is 12.5. The Balaban J connectivity index is 1.23. The van der Waals surface area contributed by atoms with Gasteiger partial charge in [0.05, 0.1) is 11.3 Å². The van der Waals surface area contributed by atoms with Gasteiger partial charge in [0.2, 0.25) is 0 Å². The molecular weight excluding hydrogens is 414 g/mol. The summed E-state index contributed by atoms with van der Waals surface area (Å²) < 4.78 is 11.0. The Morgan fingerprint density at radius 3 is 2.36 bits per heavy atom. The standard InChI is InChI=1S/C27H33N3O3/c1-19-12-14-30(15-13-19)17-23-6-4-22(5-7-23)16-28-27(31)24-8-10-25(11-9-24)32-18-26-20(2)29-33-21(26)3/h4-11,19H,12-18H2,1-3H3,(H,28,31). The monoisotopic (exact) mass is 447 g/mol. The number of piperidine rings is 1. The molecule has 1 aliphatic heterocycles. The second-order valence-electron chi connectivity index (χ2n) is 9.07. The van der Waals surface area contributed by atoms with Gasteiger partial charge in [0.1, 0.15) is 18.1 Å². The second-order valence-corrected chi connectivity index (χ2v) is 9.07. The number of aryl methyl sites for hydroxylation is 2. The van der Waals surface area contributed by atoms with E-state index in [9.17, 15) is 4.79 Å². The first kappa shape index (κ1) is 23.1. The van der Waals surface area contributed by atoms with E-state index < -0.39 is 0 Å². The molecule has 1 fully saturated rings. The number of likely N-dealkylation sites (tertiary alicyclic amines) is 1. The third-order valence-corrected chi connectivity index (χ3v) is 6.44. The highest BCUT2D eigenvalue weighted by Gasteiger charge is 2.15. The fourth-order valence-electron chi connectivity index (χ4n) is 4.09. The quantitative estimate of drug-likeness (QED) is 0.524. The van der Waals surface area contributed by atoms with E-state index >= 15 is 0 Å². The van der Waals surface area contributed by atoms with Crippen molar-refractivity contribution >= 4 is 5.91 Å². The molecule has 0 saturated carbocycles. The minimum absolute atomic E-state index is 0.0983. The lowest BCUT2D eigenvalue weighted by molar-refractivity contribution is 0.0951. The first-order valence-corrected chi connectivity index (χ1v) is 11.7. The molecule has 2 aromatic carbocycles. The lowest BCUT2D eigenvalue weighted by Gasteiger charge is -2.30. The smallest absolute Gasteiger partial charge is 0.251 e.